The highest BCUT2D eigenvalue weighted by Crippen LogP contribution is 2.50. The number of halogens is 3. The lowest BCUT2D eigenvalue weighted by Crippen LogP contribution is -2.35. The van der Waals surface area contributed by atoms with E-state index in [0.29, 0.717) is 30.5 Å². The van der Waals surface area contributed by atoms with Crippen molar-refractivity contribution < 1.29 is 25.8 Å². The van der Waals surface area contributed by atoms with Gasteiger partial charge in [-0.15, -0.1) is 0 Å². The van der Waals surface area contributed by atoms with Gasteiger partial charge in [-0.3, -0.25) is 0 Å². The molecule has 162 valence electrons. The monoisotopic (exact) mass is 466 g/mol. The summed E-state index contributed by atoms with van der Waals surface area (Å²) in [6.07, 6.45) is 3.93. The Hall–Kier alpha value is -2.33. The van der Waals surface area contributed by atoms with Crippen LogP contribution in [-0.2, 0) is 34.8 Å². The number of fused-ring (bicyclic) bond motifs is 2. The molecule has 0 saturated heterocycles. The van der Waals surface area contributed by atoms with E-state index < -0.39 is 21.5 Å². The number of benzene rings is 2. The van der Waals surface area contributed by atoms with E-state index in [4.69, 9.17) is 0 Å². The summed E-state index contributed by atoms with van der Waals surface area (Å²) in [5, 5.41) is 2.56. The van der Waals surface area contributed by atoms with Crippen molar-refractivity contribution in [1.29, 1.82) is 0 Å². The van der Waals surface area contributed by atoms with E-state index in [1.165, 1.54) is 16.5 Å². The van der Waals surface area contributed by atoms with Gasteiger partial charge >= 0.3 is 15.6 Å². The van der Waals surface area contributed by atoms with E-state index in [0.717, 1.165) is 23.6 Å². The molecule has 1 atom stereocenters. The van der Waals surface area contributed by atoms with Crippen molar-refractivity contribution in [1.82, 2.24) is 9.97 Å². The van der Waals surface area contributed by atoms with Crippen LogP contribution in [0, 0.1) is 0 Å². The van der Waals surface area contributed by atoms with Crippen molar-refractivity contribution in [2.24, 2.45) is 0 Å². The minimum absolute atomic E-state index is 0.178. The molecule has 0 amide bonds. The third-order valence-corrected chi connectivity index (χ3v) is 7.63. The van der Waals surface area contributed by atoms with E-state index in [-0.39, 0.29) is 10.6 Å². The van der Waals surface area contributed by atoms with E-state index in [2.05, 4.69) is 38.4 Å². The molecule has 5 nitrogen and oxygen atoms in total. The molecule has 2 aromatic carbocycles. The maximum absolute atomic E-state index is 12.9. The van der Waals surface area contributed by atoms with Gasteiger partial charge in [0, 0.05) is 17.4 Å². The topological polar surface area (TPSA) is 69.2 Å². The molecule has 10 heteroatoms. The third kappa shape index (κ3) is 3.18. The number of hydrogen-bond acceptors (Lipinski definition) is 6. The van der Waals surface area contributed by atoms with Gasteiger partial charge in [0.1, 0.15) is 0 Å². The number of alkyl halides is 3. The molecule has 5 rings (SSSR count). The normalized spacial score (nSPS) is 20.3. The van der Waals surface area contributed by atoms with Gasteiger partial charge in [-0.05, 0) is 47.4 Å². The quantitative estimate of drug-likeness (QED) is 0.244. The molecular weight excluding hydrogens is 449 g/mol. The fourth-order valence-electron chi connectivity index (χ4n) is 4.82. The molecule has 2 aliphatic carbocycles. The van der Waals surface area contributed by atoms with Crippen LogP contribution in [0.4, 0.5) is 13.2 Å². The molecule has 3 aromatic rings. The van der Waals surface area contributed by atoms with Crippen LogP contribution in [0.3, 0.4) is 0 Å². The second-order valence-electron chi connectivity index (χ2n) is 7.88. The minimum atomic E-state index is -5.81. The number of rotatable bonds is 3. The van der Waals surface area contributed by atoms with Crippen molar-refractivity contribution in [3.63, 3.8) is 0 Å². The molecule has 1 unspecified atom stereocenters. The standard InChI is InChI=1S/C21H17F3N2O3S2/c1-30-19-25-16-11-20(10-13-6-2-4-12-5-3-7-15(20)17(12)13)9-8-14(16)18(26-19)29-31(27,28)21(22,23)24/h2-7H,8-11H2,1H3. The Kier molecular flexibility index (Phi) is 4.53. The predicted octanol–water partition coefficient (Wildman–Crippen LogP) is 4.56. The number of thioether (sulfide) groups is 1. The lowest BCUT2D eigenvalue weighted by Gasteiger charge is -2.35. The molecule has 0 aliphatic heterocycles. The van der Waals surface area contributed by atoms with Gasteiger partial charge in [-0.2, -0.15) is 26.6 Å². The summed E-state index contributed by atoms with van der Waals surface area (Å²) in [5.41, 5.74) is -2.43. The SMILES string of the molecule is CSc1nc2c(c(OS(=O)(=O)C(F)(F)F)n1)CCC1(C2)Cc2cccc3cccc1c23. The van der Waals surface area contributed by atoms with E-state index in [1.54, 1.807) is 6.26 Å². The summed E-state index contributed by atoms with van der Waals surface area (Å²) < 4.78 is 66.4. The average molecular weight is 467 g/mol. The van der Waals surface area contributed by atoms with Gasteiger partial charge in [0.15, 0.2) is 5.16 Å². The molecule has 1 aromatic heterocycles. The zero-order valence-electron chi connectivity index (χ0n) is 16.4. The van der Waals surface area contributed by atoms with Crippen LogP contribution in [0.1, 0.15) is 28.8 Å². The van der Waals surface area contributed by atoms with Crippen LogP contribution < -0.4 is 4.18 Å². The van der Waals surface area contributed by atoms with Gasteiger partial charge < -0.3 is 4.18 Å². The highest BCUT2D eigenvalue weighted by atomic mass is 32.2. The molecule has 1 heterocycles. The van der Waals surface area contributed by atoms with E-state index in [9.17, 15) is 21.6 Å². The summed E-state index contributed by atoms with van der Waals surface area (Å²) in [6, 6.07) is 12.4. The maximum atomic E-state index is 12.9. The minimum Gasteiger partial charge on any atom is -0.355 e. The first-order chi connectivity index (χ1) is 14.6. The van der Waals surface area contributed by atoms with Crippen LogP contribution in [-0.4, -0.2) is 30.1 Å². The first kappa shape index (κ1) is 20.6. The Morgan fingerprint density at radius 3 is 2.55 bits per heavy atom. The average Bonchev–Trinajstić information content (AvgIpc) is 3.01. The second-order valence-corrected chi connectivity index (χ2v) is 10.2. The van der Waals surface area contributed by atoms with Crippen LogP contribution in [0.5, 0.6) is 5.88 Å². The fourth-order valence-corrected chi connectivity index (χ4v) is 5.63. The van der Waals surface area contributed by atoms with Gasteiger partial charge in [0.05, 0.1) is 5.69 Å². The number of nitrogens with zero attached hydrogens (tertiary/aromatic N) is 2. The van der Waals surface area contributed by atoms with Crippen molar-refractivity contribution in [2.45, 2.75) is 41.8 Å². The van der Waals surface area contributed by atoms with E-state index in [1.807, 2.05) is 12.1 Å². The Bertz CT molecular complexity index is 1320. The maximum Gasteiger partial charge on any atom is 0.534 e. The largest absolute Gasteiger partial charge is 0.534 e. The van der Waals surface area contributed by atoms with Crippen molar-refractivity contribution in [3.05, 3.63) is 58.8 Å². The van der Waals surface area contributed by atoms with Gasteiger partial charge in [-0.25, -0.2) is 4.98 Å². The molecule has 0 bridgehead atoms. The van der Waals surface area contributed by atoms with E-state index >= 15 is 0 Å². The Morgan fingerprint density at radius 2 is 1.84 bits per heavy atom. The zero-order chi connectivity index (χ0) is 22.0. The molecule has 0 fully saturated rings. The number of hydrogen-bond donors (Lipinski definition) is 0. The van der Waals surface area contributed by atoms with Gasteiger partial charge in [0.2, 0.25) is 5.88 Å². The van der Waals surface area contributed by atoms with Crippen molar-refractivity contribution in [3.8, 4) is 5.88 Å². The summed E-state index contributed by atoms with van der Waals surface area (Å²) in [6.45, 7) is 0. The lowest BCUT2D eigenvalue weighted by atomic mass is 9.69. The molecule has 0 N–H and O–H groups in total. The molecule has 0 radical (unpaired) electrons. The number of aromatic nitrogens is 2. The molecule has 2 aliphatic rings. The smallest absolute Gasteiger partial charge is 0.355 e. The fraction of sp³-hybridized carbons (Fsp3) is 0.333. The highest BCUT2D eigenvalue weighted by Gasteiger charge is 2.50. The predicted molar refractivity (Wildman–Crippen MR) is 111 cm³/mol. The Balaban J connectivity index is 1.60. The summed E-state index contributed by atoms with van der Waals surface area (Å²) in [5.74, 6) is -0.518. The summed E-state index contributed by atoms with van der Waals surface area (Å²) in [7, 11) is -5.81. The third-order valence-electron chi connectivity index (χ3n) is 6.14. The van der Waals surface area contributed by atoms with Crippen molar-refractivity contribution in [2.75, 3.05) is 6.26 Å². The van der Waals surface area contributed by atoms with Gasteiger partial charge in [0.25, 0.3) is 0 Å². The molecular formula is C21H17F3N2O3S2. The molecule has 0 saturated carbocycles. The summed E-state index contributed by atoms with van der Waals surface area (Å²) in [4.78, 5) is 8.47. The van der Waals surface area contributed by atoms with Crippen LogP contribution in [0.2, 0.25) is 0 Å². The first-order valence-corrected chi connectivity index (χ1v) is 12.2. The summed E-state index contributed by atoms with van der Waals surface area (Å²) >= 11 is 1.12. The second kappa shape index (κ2) is 6.83. The molecule has 31 heavy (non-hydrogen) atoms. The van der Waals surface area contributed by atoms with Crippen LogP contribution in [0.25, 0.3) is 10.8 Å². The Labute approximate surface area is 181 Å². The zero-order valence-corrected chi connectivity index (χ0v) is 18.0. The highest BCUT2D eigenvalue weighted by molar-refractivity contribution is 7.98. The van der Waals surface area contributed by atoms with Crippen LogP contribution in [0.15, 0.2) is 41.6 Å². The first-order valence-electron chi connectivity index (χ1n) is 9.59. The van der Waals surface area contributed by atoms with Crippen molar-refractivity contribution >= 4 is 32.7 Å². The van der Waals surface area contributed by atoms with Crippen LogP contribution >= 0.6 is 11.8 Å². The Morgan fingerprint density at radius 1 is 1.10 bits per heavy atom. The molecule has 1 spiro atoms. The lowest BCUT2D eigenvalue weighted by molar-refractivity contribution is -0.0502. The van der Waals surface area contributed by atoms with Gasteiger partial charge in [-0.1, -0.05) is 48.2 Å².